The highest BCUT2D eigenvalue weighted by molar-refractivity contribution is 9.11. The van der Waals surface area contributed by atoms with Gasteiger partial charge in [0.2, 0.25) is 0 Å². The number of halogens is 7. The van der Waals surface area contributed by atoms with E-state index in [9.17, 15) is 35.9 Å². The molecule has 16 heteroatoms. The second-order valence-electron chi connectivity index (χ2n) is 7.45. The fraction of sp³-hybridized carbons (Fsp3) is 0.0833. The van der Waals surface area contributed by atoms with Crippen molar-refractivity contribution in [2.75, 3.05) is 0 Å². The third-order valence-corrected chi connectivity index (χ3v) is 7.37. The van der Waals surface area contributed by atoms with Crippen LogP contribution in [0, 0.1) is 0 Å². The Morgan fingerprint density at radius 3 is 1.40 bits per heavy atom. The van der Waals surface area contributed by atoms with Gasteiger partial charge in [0, 0.05) is 4.88 Å². The lowest BCUT2D eigenvalue weighted by Gasteiger charge is -2.06. The minimum atomic E-state index is -4.39. The SMILES string of the molecule is O=C(O)c1ccc(-c2ccc(C(F)(F)F)cc2)s1.O=C(O)c1ccc(Br)s1.OB(O)c1ccc(C(F)(F)F)cc1. The van der Waals surface area contributed by atoms with E-state index in [-0.39, 0.29) is 10.3 Å². The second-order valence-corrected chi connectivity index (χ2v) is 11.0. The molecule has 0 atom stereocenters. The molecule has 0 bridgehead atoms. The van der Waals surface area contributed by atoms with Gasteiger partial charge in [-0.05, 0) is 63.4 Å². The normalized spacial score (nSPS) is 11.0. The zero-order chi connectivity index (χ0) is 30.3. The summed E-state index contributed by atoms with van der Waals surface area (Å²) in [4.78, 5) is 22.0. The van der Waals surface area contributed by atoms with Gasteiger partial charge in [-0.25, -0.2) is 9.59 Å². The smallest absolute Gasteiger partial charge is 0.477 e. The average molecular weight is 669 g/mol. The molecule has 0 amide bonds. The fourth-order valence-electron chi connectivity index (χ4n) is 2.70. The third kappa shape index (κ3) is 10.1. The second kappa shape index (κ2) is 13.9. The molecule has 0 aliphatic heterocycles. The van der Waals surface area contributed by atoms with Crippen molar-refractivity contribution in [1.29, 1.82) is 0 Å². The molecule has 2 heterocycles. The highest BCUT2D eigenvalue weighted by Crippen LogP contribution is 2.33. The Hall–Kier alpha value is -3.18. The quantitative estimate of drug-likeness (QED) is 0.142. The number of carboxylic acid groups (broad SMARTS) is 2. The summed E-state index contributed by atoms with van der Waals surface area (Å²) >= 11 is 5.40. The first kappa shape index (κ1) is 33.0. The number of carbonyl (C=O) groups is 2. The number of hydrogen-bond donors (Lipinski definition) is 4. The Morgan fingerprint density at radius 1 is 0.650 bits per heavy atom. The Kier molecular flexibility index (Phi) is 11.5. The minimum absolute atomic E-state index is 0.0352. The van der Waals surface area contributed by atoms with Crippen molar-refractivity contribution in [2.24, 2.45) is 0 Å². The summed E-state index contributed by atoms with van der Waals surface area (Å²) in [5, 5.41) is 34.3. The van der Waals surface area contributed by atoms with E-state index in [1.54, 1.807) is 18.2 Å². The maximum atomic E-state index is 12.4. The lowest BCUT2D eigenvalue weighted by molar-refractivity contribution is -0.138. The highest BCUT2D eigenvalue weighted by Gasteiger charge is 2.31. The molecular weight excluding hydrogens is 653 g/mol. The molecule has 4 rings (SSSR count). The van der Waals surface area contributed by atoms with Crippen LogP contribution in [-0.2, 0) is 12.4 Å². The molecule has 0 fully saturated rings. The lowest BCUT2D eigenvalue weighted by atomic mass is 9.80. The van der Waals surface area contributed by atoms with Crippen LogP contribution >= 0.6 is 38.6 Å². The van der Waals surface area contributed by atoms with E-state index in [4.69, 9.17) is 20.3 Å². The summed E-state index contributed by atoms with van der Waals surface area (Å²) in [5.41, 5.74) is -0.924. The van der Waals surface area contributed by atoms with Crippen molar-refractivity contribution < 1.29 is 56.2 Å². The molecule has 0 saturated heterocycles. The summed E-state index contributed by atoms with van der Waals surface area (Å²) in [6, 6.07) is 14.6. The van der Waals surface area contributed by atoms with E-state index >= 15 is 0 Å². The van der Waals surface area contributed by atoms with E-state index in [0.717, 1.165) is 51.5 Å². The van der Waals surface area contributed by atoms with Gasteiger partial charge in [0.25, 0.3) is 0 Å². The summed E-state index contributed by atoms with van der Waals surface area (Å²) in [7, 11) is -1.73. The zero-order valence-corrected chi connectivity index (χ0v) is 22.8. The average Bonchev–Trinajstić information content (AvgIpc) is 3.54. The van der Waals surface area contributed by atoms with Crippen LogP contribution in [0.4, 0.5) is 26.3 Å². The molecule has 0 unspecified atom stereocenters. The maximum Gasteiger partial charge on any atom is 0.488 e. The van der Waals surface area contributed by atoms with Crippen LogP contribution in [0.5, 0.6) is 0 Å². The maximum absolute atomic E-state index is 12.4. The number of hydrogen-bond acceptors (Lipinski definition) is 6. The molecule has 4 aromatic rings. The predicted molar refractivity (Wildman–Crippen MR) is 142 cm³/mol. The van der Waals surface area contributed by atoms with Crippen LogP contribution < -0.4 is 5.46 Å². The zero-order valence-electron chi connectivity index (χ0n) is 19.6. The number of rotatable bonds is 4. The Morgan fingerprint density at radius 2 is 1.07 bits per heavy atom. The van der Waals surface area contributed by atoms with E-state index in [1.807, 2.05) is 0 Å². The van der Waals surface area contributed by atoms with Gasteiger partial charge in [0.1, 0.15) is 9.75 Å². The fourth-order valence-corrected chi connectivity index (χ4v) is 4.78. The van der Waals surface area contributed by atoms with E-state index in [2.05, 4.69) is 15.9 Å². The van der Waals surface area contributed by atoms with Crippen LogP contribution in [0.2, 0.25) is 0 Å². The largest absolute Gasteiger partial charge is 0.488 e. The number of carboxylic acids is 2. The Labute approximate surface area is 239 Å². The molecule has 4 N–H and O–H groups in total. The Bertz CT molecular complexity index is 1420. The highest BCUT2D eigenvalue weighted by atomic mass is 79.9. The van der Waals surface area contributed by atoms with Gasteiger partial charge in [-0.3, -0.25) is 0 Å². The molecule has 0 saturated carbocycles. The van der Waals surface area contributed by atoms with Gasteiger partial charge in [-0.15, -0.1) is 22.7 Å². The molecule has 2 aromatic heterocycles. The molecular formula is C24H16BBrF6O6S2. The lowest BCUT2D eigenvalue weighted by Crippen LogP contribution is -2.29. The summed E-state index contributed by atoms with van der Waals surface area (Å²) in [5.74, 6) is -1.91. The van der Waals surface area contributed by atoms with Crippen molar-refractivity contribution in [3.8, 4) is 10.4 Å². The summed E-state index contributed by atoms with van der Waals surface area (Å²) in [6.07, 6.45) is -8.75. The first-order valence-electron chi connectivity index (χ1n) is 10.5. The molecule has 2 aromatic carbocycles. The molecule has 0 spiro atoms. The first-order chi connectivity index (χ1) is 18.5. The summed E-state index contributed by atoms with van der Waals surface area (Å²) in [6.45, 7) is 0. The topological polar surface area (TPSA) is 115 Å². The third-order valence-electron chi connectivity index (χ3n) is 4.63. The first-order valence-corrected chi connectivity index (χ1v) is 12.9. The van der Waals surface area contributed by atoms with Crippen LogP contribution in [0.15, 0.2) is 76.6 Å². The van der Waals surface area contributed by atoms with E-state index in [1.165, 1.54) is 29.5 Å². The van der Waals surface area contributed by atoms with Crippen molar-refractivity contribution in [2.45, 2.75) is 12.4 Å². The molecule has 0 aliphatic carbocycles. The van der Waals surface area contributed by atoms with Gasteiger partial charge in [0.05, 0.1) is 14.9 Å². The van der Waals surface area contributed by atoms with Gasteiger partial charge in [-0.2, -0.15) is 26.3 Å². The van der Waals surface area contributed by atoms with Gasteiger partial charge < -0.3 is 20.3 Å². The minimum Gasteiger partial charge on any atom is -0.477 e. The van der Waals surface area contributed by atoms with Crippen LogP contribution in [0.25, 0.3) is 10.4 Å². The number of thiophene rings is 2. The molecule has 0 radical (unpaired) electrons. The molecule has 40 heavy (non-hydrogen) atoms. The van der Waals surface area contributed by atoms with E-state index in [0.29, 0.717) is 15.3 Å². The van der Waals surface area contributed by atoms with Gasteiger partial charge in [-0.1, -0.05) is 36.4 Å². The van der Waals surface area contributed by atoms with Crippen molar-refractivity contribution in [3.63, 3.8) is 0 Å². The van der Waals surface area contributed by atoms with Gasteiger partial charge >= 0.3 is 31.4 Å². The molecule has 0 aliphatic rings. The predicted octanol–water partition coefficient (Wildman–Crippen LogP) is 6.73. The van der Waals surface area contributed by atoms with Crippen LogP contribution in [0.1, 0.15) is 30.5 Å². The summed E-state index contributed by atoms with van der Waals surface area (Å²) < 4.78 is 73.9. The number of aromatic carboxylic acids is 2. The van der Waals surface area contributed by atoms with Crippen LogP contribution in [-0.4, -0.2) is 39.3 Å². The van der Waals surface area contributed by atoms with Crippen LogP contribution in [0.3, 0.4) is 0 Å². The van der Waals surface area contributed by atoms with Crippen molar-refractivity contribution in [3.05, 3.63) is 97.5 Å². The number of alkyl halides is 6. The Balaban J connectivity index is 0.000000224. The van der Waals surface area contributed by atoms with Gasteiger partial charge in [0.15, 0.2) is 0 Å². The van der Waals surface area contributed by atoms with Crippen molar-refractivity contribution >= 4 is 63.1 Å². The van der Waals surface area contributed by atoms with E-state index < -0.39 is 42.5 Å². The molecule has 212 valence electrons. The molecule has 6 nitrogen and oxygen atoms in total. The monoisotopic (exact) mass is 668 g/mol. The standard InChI is InChI=1S/C12H7F3O2S.C7H6BF3O2.C5H3BrO2S/c13-12(14,15)8-3-1-7(2-4-8)9-5-6-10(18-9)11(16)17;9-7(10,11)5-1-3-6(4-2-5)8(12)13;6-4-2-1-3(9-4)5(7)8/h1-6H,(H,16,17);1-4,12-13H;1-2H,(H,7,8). The van der Waals surface area contributed by atoms with Crippen molar-refractivity contribution in [1.82, 2.24) is 0 Å². The number of benzene rings is 2.